The number of anilines is 1. The molecule has 194 valence electrons. The molecule has 1 aliphatic carbocycles. The van der Waals surface area contributed by atoms with Crippen LogP contribution in [0.15, 0.2) is 18.2 Å². The average molecular weight is 505 g/mol. The highest BCUT2D eigenvalue weighted by Crippen LogP contribution is 2.38. The molecule has 1 amide bonds. The van der Waals surface area contributed by atoms with Gasteiger partial charge in [-0.05, 0) is 62.8 Å². The number of piperazine rings is 1. The molecule has 1 aliphatic heterocycles. The van der Waals surface area contributed by atoms with Crippen molar-refractivity contribution in [2.24, 2.45) is 5.92 Å². The van der Waals surface area contributed by atoms with E-state index in [-0.39, 0.29) is 36.5 Å². The van der Waals surface area contributed by atoms with Gasteiger partial charge in [0.05, 0.1) is 17.2 Å². The number of nitrogens with zero attached hydrogens (tertiary/aromatic N) is 3. The van der Waals surface area contributed by atoms with E-state index < -0.39 is 23.5 Å². The summed E-state index contributed by atoms with van der Waals surface area (Å²) in [6.45, 7) is 2.69. The Balaban J connectivity index is 1.46. The Morgan fingerprint density at radius 3 is 2.03 bits per heavy atom. The number of hydrogen-bond donors (Lipinski definition) is 1. The van der Waals surface area contributed by atoms with Gasteiger partial charge in [0.1, 0.15) is 0 Å². The van der Waals surface area contributed by atoms with Crippen molar-refractivity contribution in [1.29, 1.82) is 5.26 Å². The number of rotatable bonds is 7. The molecule has 1 saturated heterocycles. The van der Waals surface area contributed by atoms with Gasteiger partial charge in [-0.1, -0.05) is 0 Å². The van der Waals surface area contributed by atoms with Crippen LogP contribution in [0.25, 0.3) is 0 Å². The highest BCUT2D eigenvalue weighted by atomic mass is 19.4. The van der Waals surface area contributed by atoms with Crippen LogP contribution in [0.5, 0.6) is 0 Å². The van der Waals surface area contributed by atoms with Gasteiger partial charge in [-0.2, -0.15) is 31.6 Å². The van der Waals surface area contributed by atoms with E-state index in [1.165, 1.54) is 0 Å². The fraction of sp³-hybridized carbons (Fsp3) is 0.667. The monoisotopic (exact) mass is 504 g/mol. The average Bonchev–Trinajstić information content (AvgIpc) is 2.81. The van der Waals surface area contributed by atoms with Crippen molar-refractivity contribution in [3.05, 3.63) is 29.3 Å². The summed E-state index contributed by atoms with van der Waals surface area (Å²) in [4.78, 5) is 15.5. The Hall–Kier alpha value is -2.48. The van der Waals surface area contributed by atoms with Crippen LogP contribution >= 0.6 is 0 Å². The normalized spacial score (nSPS) is 22.0. The minimum Gasteiger partial charge on any atom is -0.369 e. The molecule has 2 aliphatic rings. The molecule has 1 aromatic rings. The SMILES string of the molecule is N#CCCC(=O)NC1CCC(CCN2CCN(c3cc(C(F)(F)F)cc(C(F)(F)F)c3)CC2)CC1. The fourth-order valence-electron chi connectivity index (χ4n) is 4.78. The van der Waals surface area contributed by atoms with Crippen molar-refractivity contribution in [2.45, 2.75) is 63.3 Å². The summed E-state index contributed by atoms with van der Waals surface area (Å²) in [6.07, 6.45) is -4.52. The molecule has 0 spiro atoms. The molecule has 1 N–H and O–H groups in total. The molecule has 3 rings (SSSR count). The predicted octanol–water partition coefficient (Wildman–Crippen LogP) is 5.22. The maximum absolute atomic E-state index is 13.2. The van der Waals surface area contributed by atoms with E-state index in [9.17, 15) is 31.1 Å². The van der Waals surface area contributed by atoms with Gasteiger partial charge in [-0.25, -0.2) is 0 Å². The number of carbonyl (C=O) groups is 1. The summed E-state index contributed by atoms with van der Waals surface area (Å²) in [6, 6.07) is 3.86. The maximum Gasteiger partial charge on any atom is 0.416 e. The van der Waals surface area contributed by atoms with Crippen LogP contribution < -0.4 is 10.2 Å². The van der Waals surface area contributed by atoms with Crippen LogP contribution in [0.2, 0.25) is 0 Å². The van der Waals surface area contributed by atoms with Crippen LogP contribution in [-0.2, 0) is 17.1 Å². The highest BCUT2D eigenvalue weighted by Gasteiger charge is 2.37. The smallest absolute Gasteiger partial charge is 0.369 e. The molecular weight excluding hydrogens is 474 g/mol. The van der Waals surface area contributed by atoms with Gasteiger partial charge in [-0.3, -0.25) is 9.69 Å². The molecule has 0 atom stereocenters. The molecule has 1 aromatic carbocycles. The molecule has 1 heterocycles. The van der Waals surface area contributed by atoms with Crippen molar-refractivity contribution >= 4 is 11.6 Å². The summed E-state index contributed by atoms with van der Waals surface area (Å²) in [5.41, 5.74) is -2.63. The third kappa shape index (κ3) is 8.02. The zero-order chi connectivity index (χ0) is 25.6. The first-order chi connectivity index (χ1) is 16.5. The first-order valence-electron chi connectivity index (χ1n) is 11.9. The lowest BCUT2D eigenvalue weighted by Crippen LogP contribution is -2.47. The Morgan fingerprint density at radius 1 is 0.943 bits per heavy atom. The van der Waals surface area contributed by atoms with E-state index in [1.54, 1.807) is 4.90 Å². The van der Waals surface area contributed by atoms with Gasteiger partial charge in [0, 0.05) is 50.7 Å². The first kappa shape index (κ1) is 27.1. The quantitative estimate of drug-likeness (QED) is 0.518. The third-order valence-corrected chi connectivity index (χ3v) is 6.84. The van der Waals surface area contributed by atoms with Gasteiger partial charge in [-0.15, -0.1) is 0 Å². The molecule has 2 fully saturated rings. The number of carbonyl (C=O) groups excluding carboxylic acids is 1. The number of hydrogen-bond acceptors (Lipinski definition) is 4. The molecule has 0 aromatic heterocycles. The van der Waals surface area contributed by atoms with E-state index >= 15 is 0 Å². The molecule has 0 radical (unpaired) electrons. The molecule has 35 heavy (non-hydrogen) atoms. The summed E-state index contributed by atoms with van der Waals surface area (Å²) < 4.78 is 78.9. The van der Waals surface area contributed by atoms with Crippen LogP contribution in [0.1, 0.15) is 56.1 Å². The van der Waals surface area contributed by atoms with Crippen LogP contribution in [0.3, 0.4) is 0 Å². The Bertz CT molecular complexity index is 862. The predicted molar refractivity (Wildman–Crippen MR) is 118 cm³/mol. The molecule has 1 saturated carbocycles. The Morgan fingerprint density at radius 2 is 1.51 bits per heavy atom. The van der Waals surface area contributed by atoms with Crippen molar-refractivity contribution in [2.75, 3.05) is 37.6 Å². The van der Waals surface area contributed by atoms with E-state index in [0.29, 0.717) is 32.1 Å². The lowest BCUT2D eigenvalue weighted by Gasteiger charge is -2.37. The molecule has 11 heteroatoms. The number of halogens is 6. The van der Waals surface area contributed by atoms with E-state index in [2.05, 4.69) is 10.2 Å². The third-order valence-electron chi connectivity index (χ3n) is 6.84. The van der Waals surface area contributed by atoms with Crippen LogP contribution in [0.4, 0.5) is 32.0 Å². The Labute approximate surface area is 201 Å². The number of nitrogens with one attached hydrogen (secondary N) is 1. The number of amides is 1. The van der Waals surface area contributed by atoms with Gasteiger partial charge >= 0.3 is 12.4 Å². The van der Waals surface area contributed by atoms with Gasteiger partial charge in [0.25, 0.3) is 0 Å². The molecule has 0 bridgehead atoms. The lowest BCUT2D eigenvalue weighted by molar-refractivity contribution is -0.143. The van der Waals surface area contributed by atoms with E-state index in [0.717, 1.165) is 50.8 Å². The summed E-state index contributed by atoms with van der Waals surface area (Å²) in [5.74, 6) is 0.439. The van der Waals surface area contributed by atoms with Crippen molar-refractivity contribution in [1.82, 2.24) is 10.2 Å². The highest BCUT2D eigenvalue weighted by molar-refractivity contribution is 5.76. The first-order valence-corrected chi connectivity index (χ1v) is 11.9. The van der Waals surface area contributed by atoms with Gasteiger partial charge < -0.3 is 10.2 Å². The van der Waals surface area contributed by atoms with Gasteiger partial charge in [0.15, 0.2) is 0 Å². The van der Waals surface area contributed by atoms with Crippen LogP contribution in [-0.4, -0.2) is 49.6 Å². The van der Waals surface area contributed by atoms with Crippen molar-refractivity contribution in [3.63, 3.8) is 0 Å². The van der Waals surface area contributed by atoms with Crippen LogP contribution in [0, 0.1) is 17.2 Å². The summed E-state index contributed by atoms with van der Waals surface area (Å²) in [5, 5.41) is 11.5. The van der Waals surface area contributed by atoms with E-state index in [1.807, 2.05) is 6.07 Å². The lowest BCUT2D eigenvalue weighted by atomic mass is 9.84. The number of nitriles is 1. The minimum absolute atomic E-state index is 0.0538. The Kier molecular flexibility index (Phi) is 8.91. The van der Waals surface area contributed by atoms with E-state index in [4.69, 9.17) is 5.26 Å². The maximum atomic E-state index is 13.2. The second-order valence-electron chi connectivity index (χ2n) is 9.32. The zero-order valence-electron chi connectivity index (χ0n) is 19.4. The van der Waals surface area contributed by atoms with Crippen molar-refractivity contribution < 1.29 is 31.1 Å². The van der Waals surface area contributed by atoms with Crippen molar-refractivity contribution in [3.8, 4) is 6.07 Å². The topological polar surface area (TPSA) is 59.4 Å². The summed E-state index contributed by atoms with van der Waals surface area (Å²) >= 11 is 0. The second-order valence-corrected chi connectivity index (χ2v) is 9.32. The van der Waals surface area contributed by atoms with Gasteiger partial charge in [0.2, 0.25) is 5.91 Å². The number of benzene rings is 1. The second kappa shape index (κ2) is 11.5. The minimum atomic E-state index is -4.85. The molecular formula is C24H30F6N4O. The molecule has 0 unspecified atom stereocenters. The molecule has 5 nitrogen and oxygen atoms in total. The summed E-state index contributed by atoms with van der Waals surface area (Å²) in [7, 11) is 0. The zero-order valence-corrected chi connectivity index (χ0v) is 19.4. The standard InChI is InChI=1S/C24H30F6N4O/c25-23(26,27)18-14-19(24(28,29)30)16-21(15-18)34-12-10-33(11-13-34)9-7-17-3-5-20(6-4-17)32-22(35)2-1-8-31/h14-17,20H,1-7,9-13H2,(H,32,35). The number of alkyl halides is 6. The fourth-order valence-corrected chi connectivity index (χ4v) is 4.78. The largest absolute Gasteiger partial charge is 0.416 e.